The van der Waals surface area contributed by atoms with E-state index in [0.717, 1.165) is 51.1 Å². The number of rotatable bonds is 2. The van der Waals surface area contributed by atoms with E-state index in [0.29, 0.717) is 5.41 Å². The fourth-order valence-electron chi connectivity index (χ4n) is 4.12. The Morgan fingerprint density at radius 1 is 1.08 bits per heavy atom. The number of amides is 1. The number of aromatic nitrogens is 2. The molecule has 0 N–H and O–H groups in total. The number of piperidine rings is 1. The summed E-state index contributed by atoms with van der Waals surface area (Å²) in [6.45, 7) is 9.12. The second-order valence-corrected chi connectivity index (χ2v) is 7.86. The lowest BCUT2D eigenvalue weighted by Crippen LogP contribution is -2.60. The first-order valence-electron chi connectivity index (χ1n) is 9.12. The van der Waals surface area contributed by atoms with E-state index in [1.54, 1.807) is 12.4 Å². The smallest absolute Gasteiger partial charge is 0.323 e. The van der Waals surface area contributed by atoms with Crippen molar-refractivity contribution in [1.82, 2.24) is 19.6 Å². The number of nitrogens with zero attached hydrogens (tertiary/aromatic N) is 4. The molecule has 0 aliphatic carbocycles. The van der Waals surface area contributed by atoms with Crippen LogP contribution in [0.1, 0.15) is 29.5 Å². The highest BCUT2D eigenvalue weighted by atomic mass is 16.2. The molecule has 1 amide bonds. The lowest BCUT2D eigenvalue weighted by molar-refractivity contribution is -0.0443. The molecule has 5 heteroatoms. The van der Waals surface area contributed by atoms with Crippen molar-refractivity contribution < 1.29 is 4.79 Å². The van der Waals surface area contributed by atoms with Crippen LogP contribution < -0.4 is 0 Å². The van der Waals surface area contributed by atoms with Gasteiger partial charge in [-0.1, -0.05) is 29.8 Å². The van der Waals surface area contributed by atoms with E-state index in [9.17, 15) is 4.79 Å². The van der Waals surface area contributed by atoms with Crippen molar-refractivity contribution in [2.75, 3.05) is 26.2 Å². The number of hydrogen-bond acceptors (Lipinski definition) is 3. The number of aryl methyl sites for hydroxylation is 2. The second kappa shape index (κ2) is 6.30. The van der Waals surface area contributed by atoms with Crippen molar-refractivity contribution in [1.29, 1.82) is 0 Å². The average molecular weight is 338 g/mol. The standard InChI is InChI=1S/C20H26N4O/c1-16-3-5-18(6-4-16)13-22-14-20(15-22)7-9-23(10-8-20)19(25)24-12-17(2)11-21-24/h3-6,11-12H,7-10,13-15H2,1-2H3. The van der Waals surface area contributed by atoms with Crippen molar-refractivity contribution in [2.24, 2.45) is 5.41 Å². The summed E-state index contributed by atoms with van der Waals surface area (Å²) < 4.78 is 1.47. The second-order valence-electron chi connectivity index (χ2n) is 7.86. The van der Waals surface area contributed by atoms with Gasteiger partial charge in [0, 0.05) is 38.9 Å². The molecule has 1 spiro atoms. The molecule has 5 nitrogen and oxygen atoms in total. The van der Waals surface area contributed by atoms with Crippen molar-refractivity contribution in [3.8, 4) is 0 Å². The molecule has 0 saturated carbocycles. The zero-order chi connectivity index (χ0) is 17.4. The Bertz CT molecular complexity index is 748. The molecule has 2 aliphatic rings. The minimum Gasteiger partial charge on any atom is -0.323 e. The Hall–Kier alpha value is -2.14. The summed E-state index contributed by atoms with van der Waals surface area (Å²) >= 11 is 0. The topological polar surface area (TPSA) is 41.4 Å². The van der Waals surface area contributed by atoms with Crippen LogP contribution in [0.25, 0.3) is 0 Å². The van der Waals surface area contributed by atoms with E-state index in [2.05, 4.69) is 41.2 Å². The predicted octanol–water partition coefficient (Wildman–Crippen LogP) is 3.07. The Morgan fingerprint density at radius 2 is 1.76 bits per heavy atom. The highest BCUT2D eigenvalue weighted by molar-refractivity contribution is 5.76. The summed E-state index contributed by atoms with van der Waals surface area (Å²) in [5, 5.41) is 4.14. The highest BCUT2D eigenvalue weighted by Gasteiger charge is 2.45. The van der Waals surface area contributed by atoms with Gasteiger partial charge in [-0.05, 0) is 43.2 Å². The Labute approximate surface area is 149 Å². The maximum Gasteiger partial charge on any atom is 0.344 e. The molecule has 2 fully saturated rings. The highest BCUT2D eigenvalue weighted by Crippen LogP contribution is 2.41. The molecule has 0 bridgehead atoms. The largest absolute Gasteiger partial charge is 0.344 e. The molecular weight excluding hydrogens is 312 g/mol. The first-order valence-corrected chi connectivity index (χ1v) is 9.12. The van der Waals surface area contributed by atoms with Gasteiger partial charge in [-0.25, -0.2) is 4.79 Å². The monoisotopic (exact) mass is 338 g/mol. The van der Waals surface area contributed by atoms with Crippen LogP contribution in [0.2, 0.25) is 0 Å². The number of hydrogen-bond donors (Lipinski definition) is 0. The van der Waals surface area contributed by atoms with E-state index in [4.69, 9.17) is 0 Å². The Morgan fingerprint density at radius 3 is 2.36 bits per heavy atom. The normalized spacial score (nSPS) is 19.8. The van der Waals surface area contributed by atoms with Gasteiger partial charge in [0.05, 0.1) is 6.20 Å². The SMILES string of the molecule is Cc1ccc(CN2CC3(CCN(C(=O)n4cc(C)cn4)CC3)C2)cc1. The molecule has 0 unspecified atom stereocenters. The van der Waals surface area contributed by atoms with Crippen LogP contribution in [0.4, 0.5) is 4.79 Å². The van der Waals surface area contributed by atoms with Crippen molar-refractivity contribution in [3.63, 3.8) is 0 Å². The van der Waals surface area contributed by atoms with E-state index in [1.807, 2.05) is 11.8 Å². The minimum atomic E-state index is 0.0128. The van der Waals surface area contributed by atoms with Gasteiger partial charge in [-0.2, -0.15) is 9.78 Å². The Kier molecular flexibility index (Phi) is 4.12. The third-order valence-corrected chi connectivity index (χ3v) is 5.65. The predicted molar refractivity (Wildman–Crippen MR) is 97.5 cm³/mol. The van der Waals surface area contributed by atoms with Gasteiger partial charge in [-0.15, -0.1) is 0 Å². The summed E-state index contributed by atoms with van der Waals surface area (Å²) in [6, 6.07) is 8.85. The number of carbonyl (C=O) groups excluding carboxylic acids is 1. The molecule has 2 saturated heterocycles. The first-order chi connectivity index (χ1) is 12.0. The molecule has 132 valence electrons. The quantitative estimate of drug-likeness (QED) is 0.845. The van der Waals surface area contributed by atoms with Gasteiger partial charge in [0.2, 0.25) is 0 Å². The van der Waals surface area contributed by atoms with Crippen molar-refractivity contribution in [2.45, 2.75) is 33.2 Å². The molecule has 1 aromatic carbocycles. The van der Waals surface area contributed by atoms with Crippen LogP contribution in [-0.2, 0) is 6.54 Å². The summed E-state index contributed by atoms with van der Waals surface area (Å²) in [4.78, 5) is 17.0. The summed E-state index contributed by atoms with van der Waals surface area (Å²) in [7, 11) is 0. The van der Waals surface area contributed by atoms with Gasteiger partial charge in [0.1, 0.15) is 0 Å². The average Bonchev–Trinajstić information content (AvgIpc) is 3.02. The molecular formula is C20H26N4O. The van der Waals surface area contributed by atoms with E-state index >= 15 is 0 Å². The van der Waals surface area contributed by atoms with Crippen LogP contribution in [0, 0.1) is 19.3 Å². The number of likely N-dealkylation sites (tertiary alicyclic amines) is 2. The lowest BCUT2D eigenvalue weighted by Gasteiger charge is -2.54. The maximum atomic E-state index is 12.5. The summed E-state index contributed by atoms with van der Waals surface area (Å²) in [5.41, 5.74) is 4.14. The van der Waals surface area contributed by atoms with Gasteiger partial charge in [0.25, 0.3) is 0 Å². The fraction of sp³-hybridized carbons (Fsp3) is 0.500. The minimum absolute atomic E-state index is 0.0128. The molecule has 0 atom stereocenters. The molecule has 3 heterocycles. The first kappa shape index (κ1) is 16.3. The Balaban J connectivity index is 1.28. The number of carbonyl (C=O) groups is 1. The molecule has 0 radical (unpaired) electrons. The zero-order valence-corrected chi connectivity index (χ0v) is 15.1. The molecule has 25 heavy (non-hydrogen) atoms. The molecule has 1 aromatic heterocycles. The third-order valence-electron chi connectivity index (χ3n) is 5.65. The molecule has 2 aromatic rings. The van der Waals surface area contributed by atoms with Crippen LogP contribution >= 0.6 is 0 Å². The van der Waals surface area contributed by atoms with E-state index in [-0.39, 0.29) is 6.03 Å². The van der Waals surface area contributed by atoms with Crippen LogP contribution in [-0.4, -0.2) is 51.8 Å². The third kappa shape index (κ3) is 3.33. The van der Waals surface area contributed by atoms with Crippen molar-refractivity contribution in [3.05, 3.63) is 53.3 Å². The molecule has 2 aliphatic heterocycles. The molecule has 4 rings (SSSR count). The van der Waals surface area contributed by atoms with Crippen LogP contribution in [0.5, 0.6) is 0 Å². The fourth-order valence-corrected chi connectivity index (χ4v) is 4.12. The van der Waals surface area contributed by atoms with Crippen LogP contribution in [0.3, 0.4) is 0 Å². The summed E-state index contributed by atoms with van der Waals surface area (Å²) in [5.74, 6) is 0. The van der Waals surface area contributed by atoms with Gasteiger partial charge >= 0.3 is 6.03 Å². The van der Waals surface area contributed by atoms with Gasteiger partial charge in [0.15, 0.2) is 0 Å². The zero-order valence-electron chi connectivity index (χ0n) is 15.1. The number of benzene rings is 1. The van der Waals surface area contributed by atoms with Gasteiger partial charge in [-0.3, -0.25) is 4.90 Å². The summed E-state index contributed by atoms with van der Waals surface area (Å²) in [6.07, 6.45) is 5.74. The van der Waals surface area contributed by atoms with Gasteiger partial charge < -0.3 is 4.90 Å². The van der Waals surface area contributed by atoms with Crippen molar-refractivity contribution >= 4 is 6.03 Å². The van der Waals surface area contributed by atoms with Crippen LogP contribution in [0.15, 0.2) is 36.7 Å². The van der Waals surface area contributed by atoms with E-state index in [1.165, 1.54) is 15.8 Å². The van der Waals surface area contributed by atoms with E-state index < -0.39 is 0 Å². The maximum absolute atomic E-state index is 12.5. The lowest BCUT2D eigenvalue weighted by atomic mass is 9.72.